The SMILES string of the molecule is NC(=O)[C@H](NC(=O)Cc1ccc(-n2cccc2)cc1)c1ccccc1. The van der Waals surface area contributed by atoms with Crippen LogP contribution >= 0.6 is 0 Å². The Morgan fingerprint density at radius 3 is 2.16 bits per heavy atom. The third kappa shape index (κ3) is 4.14. The summed E-state index contributed by atoms with van der Waals surface area (Å²) in [6.07, 6.45) is 4.10. The molecule has 1 heterocycles. The molecule has 5 nitrogen and oxygen atoms in total. The normalized spacial score (nSPS) is 11.7. The van der Waals surface area contributed by atoms with Gasteiger partial charge in [0.2, 0.25) is 11.8 Å². The molecule has 0 saturated carbocycles. The molecular weight excluding hydrogens is 314 g/mol. The van der Waals surface area contributed by atoms with E-state index in [1.165, 1.54) is 0 Å². The van der Waals surface area contributed by atoms with Gasteiger partial charge in [0, 0.05) is 18.1 Å². The highest BCUT2D eigenvalue weighted by Crippen LogP contribution is 2.14. The second-order valence-electron chi connectivity index (χ2n) is 5.75. The third-order valence-electron chi connectivity index (χ3n) is 3.93. The van der Waals surface area contributed by atoms with Crippen LogP contribution in [0.4, 0.5) is 0 Å². The zero-order valence-corrected chi connectivity index (χ0v) is 13.6. The van der Waals surface area contributed by atoms with Gasteiger partial charge in [-0.05, 0) is 35.4 Å². The smallest absolute Gasteiger partial charge is 0.244 e. The predicted molar refractivity (Wildman–Crippen MR) is 96.0 cm³/mol. The number of hydrogen-bond donors (Lipinski definition) is 2. The van der Waals surface area contributed by atoms with Crippen molar-refractivity contribution in [3.63, 3.8) is 0 Å². The van der Waals surface area contributed by atoms with Gasteiger partial charge in [-0.3, -0.25) is 9.59 Å². The Hall–Kier alpha value is -3.34. The van der Waals surface area contributed by atoms with E-state index in [9.17, 15) is 9.59 Å². The van der Waals surface area contributed by atoms with Gasteiger partial charge in [-0.2, -0.15) is 0 Å². The summed E-state index contributed by atoms with van der Waals surface area (Å²) in [5.74, 6) is -0.830. The molecule has 0 spiro atoms. The van der Waals surface area contributed by atoms with Crippen LogP contribution in [0.5, 0.6) is 0 Å². The maximum Gasteiger partial charge on any atom is 0.244 e. The van der Waals surface area contributed by atoms with Crippen LogP contribution in [0.25, 0.3) is 5.69 Å². The Balaban J connectivity index is 1.66. The van der Waals surface area contributed by atoms with Crippen molar-refractivity contribution in [3.8, 4) is 5.69 Å². The van der Waals surface area contributed by atoms with Gasteiger partial charge in [0.1, 0.15) is 6.04 Å². The van der Waals surface area contributed by atoms with Gasteiger partial charge in [0.25, 0.3) is 0 Å². The van der Waals surface area contributed by atoms with E-state index in [1.807, 2.05) is 59.4 Å². The van der Waals surface area contributed by atoms with Crippen LogP contribution in [-0.2, 0) is 16.0 Å². The number of carbonyl (C=O) groups excluding carboxylic acids is 2. The highest BCUT2D eigenvalue weighted by Gasteiger charge is 2.19. The largest absolute Gasteiger partial charge is 0.368 e. The Bertz CT molecular complexity index is 840. The van der Waals surface area contributed by atoms with Crippen molar-refractivity contribution < 1.29 is 9.59 Å². The third-order valence-corrected chi connectivity index (χ3v) is 3.93. The molecule has 0 unspecified atom stereocenters. The minimum Gasteiger partial charge on any atom is -0.368 e. The van der Waals surface area contributed by atoms with E-state index in [1.54, 1.807) is 24.3 Å². The number of carbonyl (C=O) groups is 2. The van der Waals surface area contributed by atoms with Crippen LogP contribution in [0.2, 0.25) is 0 Å². The highest BCUT2D eigenvalue weighted by molar-refractivity contribution is 5.88. The number of nitrogens with zero attached hydrogens (tertiary/aromatic N) is 1. The molecule has 1 aromatic heterocycles. The van der Waals surface area contributed by atoms with E-state index in [-0.39, 0.29) is 12.3 Å². The van der Waals surface area contributed by atoms with E-state index >= 15 is 0 Å². The summed E-state index contributed by atoms with van der Waals surface area (Å²) in [5.41, 5.74) is 7.99. The summed E-state index contributed by atoms with van der Waals surface area (Å²) in [4.78, 5) is 24.0. The number of benzene rings is 2. The molecule has 0 aliphatic heterocycles. The maximum atomic E-state index is 12.3. The van der Waals surface area contributed by atoms with Crippen molar-refractivity contribution in [2.75, 3.05) is 0 Å². The number of hydrogen-bond acceptors (Lipinski definition) is 2. The second kappa shape index (κ2) is 7.49. The number of amides is 2. The van der Waals surface area contributed by atoms with E-state index in [0.29, 0.717) is 5.56 Å². The fraction of sp³-hybridized carbons (Fsp3) is 0.100. The summed E-state index contributed by atoms with van der Waals surface area (Å²) in [6.45, 7) is 0. The molecule has 0 radical (unpaired) electrons. The minimum absolute atomic E-state index is 0.183. The molecule has 126 valence electrons. The van der Waals surface area contributed by atoms with Crippen molar-refractivity contribution in [3.05, 3.63) is 90.3 Å². The molecule has 25 heavy (non-hydrogen) atoms. The van der Waals surface area contributed by atoms with Gasteiger partial charge in [-0.15, -0.1) is 0 Å². The zero-order chi connectivity index (χ0) is 17.6. The number of nitrogens with one attached hydrogen (secondary N) is 1. The molecular formula is C20H19N3O2. The van der Waals surface area contributed by atoms with Crippen molar-refractivity contribution in [1.29, 1.82) is 0 Å². The quantitative estimate of drug-likeness (QED) is 0.726. The number of rotatable bonds is 6. The Kier molecular flexibility index (Phi) is 4.95. The van der Waals surface area contributed by atoms with Crippen LogP contribution in [0.15, 0.2) is 79.1 Å². The first-order valence-electron chi connectivity index (χ1n) is 7.99. The molecule has 3 aromatic rings. The second-order valence-corrected chi connectivity index (χ2v) is 5.75. The van der Waals surface area contributed by atoms with Gasteiger partial charge in [-0.1, -0.05) is 42.5 Å². The monoisotopic (exact) mass is 333 g/mol. The lowest BCUT2D eigenvalue weighted by Gasteiger charge is -2.16. The van der Waals surface area contributed by atoms with Crippen molar-refractivity contribution in [2.45, 2.75) is 12.5 Å². The first-order chi connectivity index (χ1) is 12.1. The molecule has 0 saturated heterocycles. The average Bonchev–Trinajstić information content (AvgIpc) is 3.15. The Morgan fingerprint density at radius 1 is 0.920 bits per heavy atom. The summed E-state index contributed by atoms with van der Waals surface area (Å²) in [7, 11) is 0. The predicted octanol–water partition coefficient (Wildman–Crippen LogP) is 2.36. The molecule has 0 bridgehead atoms. The Labute approximate surface area is 146 Å². The van der Waals surface area contributed by atoms with Crippen molar-refractivity contribution in [2.24, 2.45) is 5.73 Å². The summed E-state index contributed by atoms with van der Waals surface area (Å²) in [6, 6.07) is 19.8. The van der Waals surface area contributed by atoms with Crippen molar-refractivity contribution in [1.82, 2.24) is 9.88 Å². The molecule has 0 fully saturated rings. The summed E-state index contributed by atoms with van der Waals surface area (Å²) >= 11 is 0. The molecule has 2 aromatic carbocycles. The highest BCUT2D eigenvalue weighted by atomic mass is 16.2. The average molecular weight is 333 g/mol. The molecule has 0 aliphatic carbocycles. The van der Waals surface area contributed by atoms with Gasteiger partial charge >= 0.3 is 0 Å². The summed E-state index contributed by atoms with van der Waals surface area (Å²) < 4.78 is 1.99. The van der Waals surface area contributed by atoms with Gasteiger partial charge in [-0.25, -0.2) is 0 Å². The van der Waals surface area contributed by atoms with E-state index in [0.717, 1.165) is 11.3 Å². The minimum atomic E-state index is -0.826. The van der Waals surface area contributed by atoms with E-state index < -0.39 is 11.9 Å². The lowest BCUT2D eigenvalue weighted by molar-refractivity contribution is -0.127. The molecule has 0 aliphatic rings. The molecule has 2 amide bonds. The first-order valence-corrected chi connectivity index (χ1v) is 7.99. The molecule has 3 N–H and O–H groups in total. The van der Waals surface area contributed by atoms with Gasteiger partial charge < -0.3 is 15.6 Å². The molecule has 1 atom stereocenters. The van der Waals surface area contributed by atoms with Crippen LogP contribution in [0, 0.1) is 0 Å². The van der Waals surface area contributed by atoms with Crippen molar-refractivity contribution >= 4 is 11.8 Å². The lowest BCUT2D eigenvalue weighted by atomic mass is 10.1. The number of primary amides is 1. The van der Waals surface area contributed by atoms with E-state index in [4.69, 9.17) is 5.73 Å². The lowest BCUT2D eigenvalue weighted by Crippen LogP contribution is -2.38. The zero-order valence-electron chi connectivity index (χ0n) is 13.6. The Morgan fingerprint density at radius 2 is 1.56 bits per heavy atom. The topological polar surface area (TPSA) is 77.1 Å². The van der Waals surface area contributed by atoms with Crippen LogP contribution in [-0.4, -0.2) is 16.4 Å². The first kappa shape index (κ1) is 16.5. The fourth-order valence-electron chi connectivity index (χ4n) is 2.65. The molecule has 5 heteroatoms. The standard InChI is InChI=1S/C20H19N3O2/c21-20(25)19(16-6-2-1-3-7-16)22-18(24)14-15-8-10-17(11-9-15)23-12-4-5-13-23/h1-13,19H,14H2,(H2,21,25)(H,22,24)/t19-/m1/s1. The summed E-state index contributed by atoms with van der Waals surface area (Å²) in [5, 5.41) is 2.70. The van der Waals surface area contributed by atoms with Crippen LogP contribution < -0.4 is 11.1 Å². The van der Waals surface area contributed by atoms with Gasteiger partial charge in [0.15, 0.2) is 0 Å². The van der Waals surface area contributed by atoms with E-state index in [2.05, 4.69) is 5.32 Å². The fourth-order valence-corrected chi connectivity index (χ4v) is 2.65. The van der Waals surface area contributed by atoms with Crippen LogP contribution in [0.1, 0.15) is 17.2 Å². The van der Waals surface area contributed by atoms with Crippen LogP contribution in [0.3, 0.4) is 0 Å². The number of aromatic nitrogens is 1. The maximum absolute atomic E-state index is 12.3. The molecule has 3 rings (SSSR count). The number of nitrogens with two attached hydrogens (primary N) is 1. The van der Waals surface area contributed by atoms with Gasteiger partial charge in [0.05, 0.1) is 6.42 Å².